The molecule has 0 aliphatic carbocycles. The van der Waals surface area contributed by atoms with Crippen molar-refractivity contribution >= 4 is 17.6 Å². The predicted octanol–water partition coefficient (Wildman–Crippen LogP) is 1.91. The number of nitrogens with one attached hydrogen (secondary N) is 1. The van der Waals surface area contributed by atoms with E-state index < -0.39 is 0 Å². The first-order chi connectivity index (χ1) is 7.67. The maximum absolute atomic E-state index is 4.56. The highest BCUT2D eigenvalue weighted by Gasteiger charge is 2.04. The van der Waals surface area contributed by atoms with E-state index in [-0.39, 0.29) is 0 Å². The Bertz CT molecular complexity index is 328. The zero-order chi connectivity index (χ0) is 12.0. The van der Waals surface area contributed by atoms with Gasteiger partial charge in [0, 0.05) is 31.6 Å². The van der Waals surface area contributed by atoms with Gasteiger partial charge in [0.05, 0.1) is 0 Å². The van der Waals surface area contributed by atoms with Crippen LogP contribution >= 0.6 is 11.8 Å². The van der Waals surface area contributed by atoms with Crippen LogP contribution in [0.4, 0.5) is 5.82 Å². The summed E-state index contributed by atoms with van der Waals surface area (Å²) < 4.78 is 0. The van der Waals surface area contributed by atoms with Gasteiger partial charge in [-0.3, -0.25) is 0 Å². The van der Waals surface area contributed by atoms with Gasteiger partial charge in [-0.25, -0.2) is 4.98 Å². The predicted molar refractivity (Wildman–Crippen MR) is 73.4 cm³/mol. The second-order valence-electron chi connectivity index (χ2n) is 3.92. The third-order valence-corrected chi connectivity index (χ3v) is 2.99. The first-order valence-electron chi connectivity index (χ1n) is 5.49. The standard InChI is InChI=1S/C12H21N3S/c1-10-7-11(9-13-2)8-12(14-10)15(3)5-6-16-4/h7-8,13H,5-6,9H2,1-4H3. The maximum Gasteiger partial charge on any atom is 0.128 e. The summed E-state index contributed by atoms with van der Waals surface area (Å²) >= 11 is 1.86. The van der Waals surface area contributed by atoms with Crippen LogP contribution in [0.15, 0.2) is 12.1 Å². The molecule has 0 saturated carbocycles. The van der Waals surface area contributed by atoms with Gasteiger partial charge in [0.25, 0.3) is 0 Å². The van der Waals surface area contributed by atoms with Crippen LogP contribution in [0.1, 0.15) is 11.3 Å². The lowest BCUT2D eigenvalue weighted by molar-refractivity contribution is 0.811. The van der Waals surface area contributed by atoms with Crippen LogP contribution < -0.4 is 10.2 Å². The molecule has 0 aliphatic rings. The molecule has 0 atom stereocenters. The highest BCUT2D eigenvalue weighted by molar-refractivity contribution is 7.98. The molecule has 4 heteroatoms. The summed E-state index contributed by atoms with van der Waals surface area (Å²) in [5.41, 5.74) is 2.37. The van der Waals surface area contributed by atoms with E-state index in [1.807, 2.05) is 25.7 Å². The Morgan fingerprint density at radius 2 is 2.19 bits per heavy atom. The molecular weight excluding hydrogens is 218 g/mol. The number of anilines is 1. The van der Waals surface area contributed by atoms with Gasteiger partial charge in [-0.2, -0.15) is 11.8 Å². The fourth-order valence-corrected chi connectivity index (χ4v) is 2.02. The fraction of sp³-hybridized carbons (Fsp3) is 0.583. The van der Waals surface area contributed by atoms with Crippen LogP contribution in [-0.4, -0.2) is 37.6 Å². The van der Waals surface area contributed by atoms with Gasteiger partial charge >= 0.3 is 0 Å². The Kier molecular flexibility index (Phi) is 5.63. The Hall–Kier alpha value is -0.740. The number of rotatable bonds is 6. The Morgan fingerprint density at radius 1 is 1.44 bits per heavy atom. The van der Waals surface area contributed by atoms with Crippen molar-refractivity contribution in [3.8, 4) is 0 Å². The Labute approximate surface area is 103 Å². The Morgan fingerprint density at radius 3 is 2.81 bits per heavy atom. The quantitative estimate of drug-likeness (QED) is 0.821. The minimum Gasteiger partial charge on any atom is -0.359 e. The summed E-state index contributed by atoms with van der Waals surface area (Å²) in [4.78, 5) is 6.77. The van der Waals surface area contributed by atoms with Crippen molar-refractivity contribution in [3.63, 3.8) is 0 Å². The van der Waals surface area contributed by atoms with E-state index in [2.05, 4.69) is 40.6 Å². The SMILES string of the molecule is CNCc1cc(C)nc(N(C)CCSC)c1. The van der Waals surface area contributed by atoms with Crippen molar-refractivity contribution in [2.24, 2.45) is 0 Å². The number of hydrogen-bond donors (Lipinski definition) is 1. The largest absolute Gasteiger partial charge is 0.359 e. The summed E-state index contributed by atoms with van der Waals surface area (Å²) in [5, 5.41) is 3.17. The summed E-state index contributed by atoms with van der Waals surface area (Å²) in [6.45, 7) is 3.98. The maximum atomic E-state index is 4.56. The number of aryl methyl sites for hydroxylation is 1. The van der Waals surface area contributed by atoms with Gasteiger partial charge in [0.15, 0.2) is 0 Å². The number of nitrogens with zero attached hydrogens (tertiary/aromatic N) is 2. The highest BCUT2D eigenvalue weighted by Crippen LogP contribution is 2.14. The average Bonchev–Trinajstić information content (AvgIpc) is 2.25. The summed E-state index contributed by atoms with van der Waals surface area (Å²) in [6.07, 6.45) is 2.13. The van der Waals surface area contributed by atoms with Crippen molar-refractivity contribution in [1.29, 1.82) is 0 Å². The van der Waals surface area contributed by atoms with Crippen molar-refractivity contribution in [2.75, 3.05) is 37.5 Å². The normalized spacial score (nSPS) is 10.5. The molecule has 16 heavy (non-hydrogen) atoms. The van der Waals surface area contributed by atoms with Crippen LogP contribution in [0.25, 0.3) is 0 Å². The second kappa shape index (κ2) is 6.76. The van der Waals surface area contributed by atoms with Crippen molar-refractivity contribution < 1.29 is 0 Å². The first-order valence-corrected chi connectivity index (χ1v) is 6.89. The molecule has 1 aromatic rings. The molecule has 1 aromatic heterocycles. The molecule has 0 radical (unpaired) electrons. The van der Waals surface area contributed by atoms with E-state index in [9.17, 15) is 0 Å². The van der Waals surface area contributed by atoms with Gasteiger partial charge in [-0.05, 0) is 37.9 Å². The number of hydrogen-bond acceptors (Lipinski definition) is 4. The molecule has 0 unspecified atom stereocenters. The molecule has 3 nitrogen and oxygen atoms in total. The van der Waals surface area contributed by atoms with E-state index in [4.69, 9.17) is 0 Å². The van der Waals surface area contributed by atoms with Gasteiger partial charge < -0.3 is 10.2 Å². The topological polar surface area (TPSA) is 28.2 Å². The van der Waals surface area contributed by atoms with E-state index in [1.165, 1.54) is 5.56 Å². The summed E-state index contributed by atoms with van der Waals surface area (Å²) in [7, 11) is 4.06. The lowest BCUT2D eigenvalue weighted by Gasteiger charge is -2.19. The summed E-state index contributed by atoms with van der Waals surface area (Å²) in [5.74, 6) is 2.20. The third kappa shape index (κ3) is 4.02. The first kappa shape index (κ1) is 13.3. The molecular formula is C12H21N3S. The van der Waals surface area contributed by atoms with Crippen molar-refractivity contribution in [1.82, 2.24) is 10.3 Å². The molecule has 0 aliphatic heterocycles. The smallest absolute Gasteiger partial charge is 0.128 e. The lowest BCUT2D eigenvalue weighted by atomic mass is 10.2. The van der Waals surface area contributed by atoms with Crippen LogP contribution in [0, 0.1) is 6.92 Å². The zero-order valence-corrected chi connectivity index (χ0v) is 11.4. The number of aromatic nitrogens is 1. The minimum absolute atomic E-state index is 0.896. The number of pyridine rings is 1. The van der Waals surface area contributed by atoms with E-state index >= 15 is 0 Å². The molecule has 0 bridgehead atoms. The van der Waals surface area contributed by atoms with Gasteiger partial charge in [0.2, 0.25) is 0 Å². The van der Waals surface area contributed by atoms with Crippen molar-refractivity contribution in [3.05, 3.63) is 23.4 Å². The highest BCUT2D eigenvalue weighted by atomic mass is 32.2. The van der Waals surface area contributed by atoms with Crippen LogP contribution in [-0.2, 0) is 6.54 Å². The van der Waals surface area contributed by atoms with Gasteiger partial charge in [-0.15, -0.1) is 0 Å². The van der Waals surface area contributed by atoms with Gasteiger partial charge in [-0.1, -0.05) is 0 Å². The van der Waals surface area contributed by atoms with E-state index in [1.54, 1.807) is 0 Å². The van der Waals surface area contributed by atoms with Crippen LogP contribution in [0.3, 0.4) is 0 Å². The molecule has 1 rings (SSSR count). The van der Waals surface area contributed by atoms with Crippen molar-refractivity contribution in [2.45, 2.75) is 13.5 Å². The fourth-order valence-electron chi connectivity index (χ4n) is 1.57. The molecule has 0 fully saturated rings. The monoisotopic (exact) mass is 239 g/mol. The second-order valence-corrected chi connectivity index (χ2v) is 4.91. The molecule has 0 aromatic carbocycles. The molecule has 90 valence electrons. The number of thioether (sulfide) groups is 1. The molecule has 1 heterocycles. The zero-order valence-electron chi connectivity index (χ0n) is 10.6. The summed E-state index contributed by atoms with van der Waals surface area (Å²) in [6, 6.07) is 4.28. The minimum atomic E-state index is 0.896. The van der Waals surface area contributed by atoms with E-state index in [0.717, 1.165) is 30.4 Å². The van der Waals surface area contributed by atoms with E-state index in [0.29, 0.717) is 0 Å². The lowest BCUT2D eigenvalue weighted by Crippen LogP contribution is -2.22. The van der Waals surface area contributed by atoms with Gasteiger partial charge in [0.1, 0.15) is 5.82 Å². The third-order valence-electron chi connectivity index (χ3n) is 2.40. The van der Waals surface area contributed by atoms with Crippen LogP contribution in [0.5, 0.6) is 0 Å². The molecule has 0 amide bonds. The Balaban J connectivity index is 2.78. The average molecular weight is 239 g/mol. The van der Waals surface area contributed by atoms with Crippen LogP contribution in [0.2, 0.25) is 0 Å². The molecule has 0 spiro atoms. The molecule has 1 N–H and O–H groups in total. The molecule has 0 saturated heterocycles.